The lowest BCUT2D eigenvalue weighted by molar-refractivity contribution is 0.170. The summed E-state index contributed by atoms with van der Waals surface area (Å²) < 4.78 is 39.2. The van der Waals surface area contributed by atoms with E-state index in [9.17, 15) is 8.42 Å². The lowest BCUT2D eigenvalue weighted by atomic mass is 10.0. The third-order valence-corrected chi connectivity index (χ3v) is 7.12. The van der Waals surface area contributed by atoms with Gasteiger partial charge in [-0.05, 0) is 61.2 Å². The van der Waals surface area contributed by atoms with Gasteiger partial charge in [-0.15, -0.1) is 0 Å². The number of nitrogens with one attached hydrogen (secondary N) is 1. The molecule has 0 amide bonds. The molecule has 1 saturated heterocycles. The van der Waals surface area contributed by atoms with Crippen LogP contribution in [-0.4, -0.2) is 46.2 Å². The summed E-state index contributed by atoms with van der Waals surface area (Å²) in [6.07, 6.45) is 3.05. The molecular formula is C22H28N2O4S. The average Bonchev–Trinajstić information content (AvgIpc) is 3.22. The van der Waals surface area contributed by atoms with Gasteiger partial charge in [-0.2, -0.15) is 0 Å². The lowest BCUT2D eigenvalue weighted by Gasteiger charge is -2.26. The first-order valence-electron chi connectivity index (χ1n) is 10.3. The highest BCUT2D eigenvalue weighted by Gasteiger charge is 2.27. The average molecular weight is 417 g/mol. The second kappa shape index (κ2) is 8.73. The Kier molecular flexibility index (Phi) is 6.08. The standard InChI is InChI=1S/C22H28N2O4S/c1-2-17-5-8-19(9-6-17)29(25,26)23-11-13-24-12-3-4-20(24)18-7-10-21-22(16-18)28-15-14-27-21/h5-10,16,20,23H,2-4,11-15H2,1H3. The molecule has 0 radical (unpaired) electrons. The van der Waals surface area contributed by atoms with Gasteiger partial charge in [0.05, 0.1) is 4.90 Å². The van der Waals surface area contributed by atoms with Crippen molar-refractivity contribution in [1.82, 2.24) is 9.62 Å². The zero-order valence-electron chi connectivity index (χ0n) is 16.8. The predicted octanol–water partition coefficient (Wildman–Crippen LogP) is 3.14. The molecule has 2 aliphatic rings. The van der Waals surface area contributed by atoms with Crippen molar-refractivity contribution >= 4 is 10.0 Å². The number of hydrogen-bond donors (Lipinski definition) is 1. The molecule has 1 fully saturated rings. The molecule has 2 aromatic rings. The van der Waals surface area contributed by atoms with Crippen LogP contribution in [0.3, 0.4) is 0 Å². The molecule has 1 unspecified atom stereocenters. The predicted molar refractivity (Wildman–Crippen MR) is 112 cm³/mol. The van der Waals surface area contributed by atoms with Gasteiger partial charge < -0.3 is 9.47 Å². The number of ether oxygens (including phenoxy) is 2. The van der Waals surface area contributed by atoms with Crippen LogP contribution in [0.5, 0.6) is 11.5 Å². The maximum atomic E-state index is 12.6. The Bertz CT molecular complexity index is 944. The summed E-state index contributed by atoms with van der Waals surface area (Å²) in [4.78, 5) is 2.66. The Balaban J connectivity index is 1.37. The Morgan fingerprint density at radius 2 is 1.83 bits per heavy atom. The molecule has 0 aromatic heterocycles. The van der Waals surface area contributed by atoms with Gasteiger partial charge in [0.25, 0.3) is 0 Å². The van der Waals surface area contributed by atoms with E-state index in [2.05, 4.69) is 28.7 Å². The molecule has 29 heavy (non-hydrogen) atoms. The summed E-state index contributed by atoms with van der Waals surface area (Å²) in [6, 6.07) is 13.5. The molecule has 156 valence electrons. The van der Waals surface area contributed by atoms with Crippen molar-refractivity contribution in [3.8, 4) is 11.5 Å². The zero-order chi connectivity index (χ0) is 20.3. The van der Waals surface area contributed by atoms with E-state index in [0.717, 1.165) is 42.9 Å². The zero-order valence-corrected chi connectivity index (χ0v) is 17.6. The number of aryl methyl sites for hydroxylation is 1. The van der Waals surface area contributed by atoms with E-state index >= 15 is 0 Å². The van der Waals surface area contributed by atoms with Crippen LogP contribution in [0.25, 0.3) is 0 Å². The van der Waals surface area contributed by atoms with Crippen LogP contribution in [0.2, 0.25) is 0 Å². The number of benzene rings is 2. The second-order valence-corrected chi connectivity index (χ2v) is 9.26. The van der Waals surface area contributed by atoms with Crippen molar-refractivity contribution in [2.45, 2.75) is 37.1 Å². The molecular weight excluding hydrogens is 388 g/mol. The number of likely N-dealkylation sites (tertiary alicyclic amines) is 1. The summed E-state index contributed by atoms with van der Waals surface area (Å²) >= 11 is 0. The summed E-state index contributed by atoms with van der Waals surface area (Å²) in [5.41, 5.74) is 2.33. The van der Waals surface area contributed by atoms with E-state index in [0.29, 0.717) is 31.2 Å². The van der Waals surface area contributed by atoms with Crippen molar-refractivity contribution in [3.05, 3.63) is 53.6 Å². The molecule has 1 atom stereocenters. The quantitative estimate of drug-likeness (QED) is 0.751. The maximum absolute atomic E-state index is 12.6. The van der Waals surface area contributed by atoms with E-state index in [1.54, 1.807) is 12.1 Å². The van der Waals surface area contributed by atoms with E-state index in [4.69, 9.17) is 9.47 Å². The number of hydrogen-bond acceptors (Lipinski definition) is 5. The third kappa shape index (κ3) is 4.57. The summed E-state index contributed by atoms with van der Waals surface area (Å²) in [6.45, 7) is 5.24. The highest BCUT2D eigenvalue weighted by Crippen LogP contribution is 2.37. The minimum absolute atomic E-state index is 0.277. The molecule has 0 aliphatic carbocycles. The van der Waals surface area contributed by atoms with Gasteiger partial charge in [0, 0.05) is 19.1 Å². The number of sulfonamides is 1. The summed E-state index contributed by atoms with van der Waals surface area (Å²) in [5.74, 6) is 1.60. The largest absolute Gasteiger partial charge is 0.486 e. The smallest absolute Gasteiger partial charge is 0.240 e. The first kappa shape index (κ1) is 20.2. The topological polar surface area (TPSA) is 67.9 Å². The highest BCUT2D eigenvalue weighted by atomic mass is 32.2. The molecule has 2 heterocycles. The fraction of sp³-hybridized carbons (Fsp3) is 0.455. The van der Waals surface area contributed by atoms with Crippen LogP contribution < -0.4 is 14.2 Å². The molecule has 0 bridgehead atoms. The maximum Gasteiger partial charge on any atom is 0.240 e. The van der Waals surface area contributed by atoms with E-state index in [1.165, 1.54) is 5.56 Å². The summed E-state index contributed by atoms with van der Waals surface area (Å²) in [7, 11) is -3.48. The highest BCUT2D eigenvalue weighted by molar-refractivity contribution is 7.89. The third-order valence-electron chi connectivity index (χ3n) is 5.65. The molecule has 2 aliphatic heterocycles. The first-order chi connectivity index (χ1) is 14.1. The van der Waals surface area contributed by atoms with Crippen LogP contribution >= 0.6 is 0 Å². The van der Waals surface area contributed by atoms with Crippen LogP contribution in [0.15, 0.2) is 47.4 Å². The van der Waals surface area contributed by atoms with Crippen molar-refractivity contribution in [1.29, 1.82) is 0 Å². The molecule has 6 nitrogen and oxygen atoms in total. The van der Waals surface area contributed by atoms with Crippen molar-refractivity contribution in [2.75, 3.05) is 32.8 Å². The molecule has 2 aromatic carbocycles. The number of fused-ring (bicyclic) bond motifs is 1. The number of rotatable bonds is 7. The fourth-order valence-electron chi connectivity index (χ4n) is 4.05. The molecule has 0 saturated carbocycles. The molecule has 1 N–H and O–H groups in total. The van der Waals surface area contributed by atoms with E-state index in [-0.39, 0.29) is 6.04 Å². The van der Waals surface area contributed by atoms with Gasteiger partial charge in [0.2, 0.25) is 10.0 Å². The van der Waals surface area contributed by atoms with Gasteiger partial charge in [-0.1, -0.05) is 25.1 Å². The molecule has 7 heteroatoms. The van der Waals surface area contributed by atoms with Gasteiger partial charge in [0.15, 0.2) is 11.5 Å². The Labute approximate surface area is 172 Å². The SMILES string of the molecule is CCc1ccc(S(=O)(=O)NCCN2CCCC2c2ccc3c(c2)OCCO3)cc1. The van der Waals surface area contributed by atoms with Gasteiger partial charge >= 0.3 is 0 Å². The lowest BCUT2D eigenvalue weighted by Crippen LogP contribution is -2.34. The van der Waals surface area contributed by atoms with Crippen molar-refractivity contribution in [3.63, 3.8) is 0 Å². The van der Waals surface area contributed by atoms with Crippen molar-refractivity contribution < 1.29 is 17.9 Å². The molecule has 4 rings (SSSR count). The van der Waals surface area contributed by atoms with Crippen molar-refractivity contribution in [2.24, 2.45) is 0 Å². The van der Waals surface area contributed by atoms with Crippen LogP contribution in [-0.2, 0) is 16.4 Å². The van der Waals surface area contributed by atoms with E-state index in [1.807, 2.05) is 18.2 Å². The van der Waals surface area contributed by atoms with Crippen LogP contribution in [0.1, 0.15) is 36.9 Å². The summed E-state index contributed by atoms with van der Waals surface area (Å²) in [5, 5.41) is 0. The monoisotopic (exact) mass is 416 g/mol. The minimum Gasteiger partial charge on any atom is -0.486 e. The van der Waals surface area contributed by atoms with Gasteiger partial charge in [-0.25, -0.2) is 13.1 Å². The Morgan fingerprint density at radius 3 is 2.59 bits per heavy atom. The first-order valence-corrected chi connectivity index (χ1v) is 11.8. The van der Waals surface area contributed by atoms with Crippen LogP contribution in [0.4, 0.5) is 0 Å². The fourth-order valence-corrected chi connectivity index (χ4v) is 5.07. The normalized spacial score (nSPS) is 19.4. The van der Waals surface area contributed by atoms with Crippen LogP contribution in [0, 0.1) is 0 Å². The Hall–Kier alpha value is -2.09. The molecule has 0 spiro atoms. The van der Waals surface area contributed by atoms with Gasteiger partial charge in [0.1, 0.15) is 13.2 Å². The van der Waals surface area contributed by atoms with E-state index < -0.39 is 10.0 Å². The second-order valence-electron chi connectivity index (χ2n) is 7.49. The van der Waals surface area contributed by atoms with Gasteiger partial charge in [-0.3, -0.25) is 4.90 Å². The minimum atomic E-state index is -3.48. The Morgan fingerprint density at radius 1 is 1.07 bits per heavy atom. The number of nitrogens with zero attached hydrogens (tertiary/aromatic N) is 1.